The third-order valence-electron chi connectivity index (χ3n) is 3.55. The van der Waals surface area contributed by atoms with Crippen LogP contribution >= 0.6 is 11.6 Å². The van der Waals surface area contributed by atoms with Crippen LogP contribution in [0.2, 0.25) is 5.02 Å². The Hall–Kier alpha value is -2.84. The van der Waals surface area contributed by atoms with Crippen LogP contribution in [-0.2, 0) is 0 Å². The summed E-state index contributed by atoms with van der Waals surface area (Å²) in [6.07, 6.45) is 3.75. The molecule has 0 aromatic heterocycles. The van der Waals surface area contributed by atoms with Gasteiger partial charge in [-0.2, -0.15) is 0 Å². The summed E-state index contributed by atoms with van der Waals surface area (Å²) >= 11 is 5.85. The van der Waals surface area contributed by atoms with Gasteiger partial charge >= 0.3 is 0 Å². The Balaban J connectivity index is 1.71. The topological polar surface area (TPSA) is 38.4 Å². The number of nitrogens with two attached hydrogens (primary N) is 1. The summed E-state index contributed by atoms with van der Waals surface area (Å²) in [6, 6.07) is 25.9. The molecular formula is C21H17ClN2. The van der Waals surface area contributed by atoms with Crippen molar-refractivity contribution in [1.82, 2.24) is 0 Å². The summed E-state index contributed by atoms with van der Waals surface area (Å²) in [5.41, 5.74) is 10.2. The molecule has 118 valence electrons. The highest BCUT2D eigenvalue weighted by Gasteiger charge is 1.96. The van der Waals surface area contributed by atoms with Crippen molar-refractivity contribution < 1.29 is 0 Å². The number of amidine groups is 1. The van der Waals surface area contributed by atoms with Gasteiger partial charge in [-0.05, 0) is 47.0 Å². The molecule has 3 aromatic rings. The van der Waals surface area contributed by atoms with Crippen LogP contribution in [0, 0.1) is 0 Å². The lowest BCUT2D eigenvalue weighted by Gasteiger charge is -2.02. The van der Waals surface area contributed by atoms with E-state index < -0.39 is 0 Å². The standard InChI is InChI=1S/C21H17ClN2/c22-19-11-13-20(14-12-19)24-21(23)15-8-16-6-9-18(10-7-16)17-4-2-1-3-5-17/h1-15H,(H2,23,24). The highest BCUT2D eigenvalue weighted by molar-refractivity contribution is 6.30. The Morgan fingerprint density at radius 3 is 2.08 bits per heavy atom. The molecule has 0 unspecified atom stereocenters. The van der Waals surface area contributed by atoms with E-state index in [0.717, 1.165) is 11.3 Å². The zero-order valence-corrected chi connectivity index (χ0v) is 13.8. The van der Waals surface area contributed by atoms with E-state index >= 15 is 0 Å². The summed E-state index contributed by atoms with van der Waals surface area (Å²) in [7, 11) is 0. The lowest BCUT2D eigenvalue weighted by atomic mass is 10.0. The van der Waals surface area contributed by atoms with E-state index in [1.165, 1.54) is 11.1 Å². The Kier molecular flexibility index (Phi) is 5.09. The van der Waals surface area contributed by atoms with E-state index in [-0.39, 0.29) is 0 Å². The second kappa shape index (κ2) is 7.62. The van der Waals surface area contributed by atoms with Gasteiger partial charge in [-0.15, -0.1) is 0 Å². The predicted molar refractivity (Wildman–Crippen MR) is 104 cm³/mol. The van der Waals surface area contributed by atoms with Crippen molar-refractivity contribution in [3.8, 4) is 11.1 Å². The molecule has 24 heavy (non-hydrogen) atoms. The number of nitrogens with zero attached hydrogens (tertiary/aromatic N) is 1. The van der Waals surface area contributed by atoms with Crippen LogP contribution in [0.15, 0.2) is 89.9 Å². The fourth-order valence-electron chi connectivity index (χ4n) is 2.30. The number of halogens is 1. The minimum absolute atomic E-state index is 0.449. The quantitative estimate of drug-likeness (QED) is 0.482. The number of hydrogen-bond donors (Lipinski definition) is 1. The van der Waals surface area contributed by atoms with E-state index in [1.54, 1.807) is 18.2 Å². The maximum Gasteiger partial charge on any atom is 0.124 e. The molecule has 0 radical (unpaired) electrons. The molecule has 0 spiro atoms. The van der Waals surface area contributed by atoms with Crippen LogP contribution in [0.1, 0.15) is 5.56 Å². The monoisotopic (exact) mass is 332 g/mol. The van der Waals surface area contributed by atoms with Crippen LogP contribution in [0.5, 0.6) is 0 Å². The van der Waals surface area contributed by atoms with Crippen molar-refractivity contribution in [3.05, 3.63) is 95.5 Å². The lowest BCUT2D eigenvalue weighted by Crippen LogP contribution is -2.06. The van der Waals surface area contributed by atoms with Gasteiger partial charge < -0.3 is 5.73 Å². The summed E-state index contributed by atoms with van der Waals surface area (Å²) in [4.78, 5) is 4.33. The first-order valence-electron chi connectivity index (χ1n) is 7.64. The molecule has 3 heteroatoms. The average molecular weight is 333 g/mol. The molecule has 0 bridgehead atoms. The summed E-state index contributed by atoms with van der Waals surface area (Å²) in [5, 5.41) is 0.682. The fraction of sp³-hybridized carbons (Fsp3) is 0. The average Bonchev–Trinajstić information content (AvgIpc) is 2.63. The molecule has 0 amide bonds. The first kappa shape index (κ1) is 16.0. The molecule has 0 fully saturated rings. The van der Waals surface area contributed by atoms with Gasteiger partial charge in [0.2, 0.25) is 0 Å². The minimum atomic E-state index is 0.449. The highest BCUT2D eigenvalue weighted by Crippen LogP contribution is 2.20. The largest absolute Gasteiger partial charge is 0.384 e. The number of rotatable bonds is 4. The smallest absolute Gasteiger partial charge is 0.124 e. The third-order valence-corrected chi connectivity index (χ3v) is 3.80. The van der Waals surface area contributed by atoms with Gasteiger partial charge in [0.25, 0.3) is 0 Å². The summed E-state index contributed by atoms with van der Waals surface area (Å²) < 4.78 is 0. The van der Waals surface area contributed by atoms with Crippen molar-refractivity contribution in [2.75, 3.05) is 0 Å². The first-order chi connectivity index (χ1) is 11.7. The van der Waals surface area contributed by atoms with Crippen molar-refractivity contribution in [2.45, 2.75) is 0 Å². The van der Waals surface area contributed by atoms with Gasteiger partial charge in [-0.3, -0.25) is 0 Å². The van der Waals surface area contributed by atoms with Crippen LogP contribution in [0.25, 0.3) is 17.2 Å². The predicted octanol–water partition coefficient (Wildman–Crippen LogP) is 5.71. The Morgan fingerprint density at radius 1 is 0.792 bits per heavy atom. The number of benzene rings is 3. The van der Waals surface area contributed by atoms with Gasteiger partial charge in [-0.25, -0.2) is 4.99 Å². The number of aliphatic imine (C=N–C) groups is 1. The minimum Gasteiger partial charge on any atom is -0.384 e. The molecule has 0 saturated carbocycles. The van der Waals surface area contributed by atoms with Gasteiger partial charge in [-0.1, -0.05) is 72.3 Å². The second-order valence-corrected chi connectivity index (χ2v) is 5.77. The molecule has 0 aliphatic carbocycles. The summed E-state index contributed by atoms with van der Waals surface area (Å²) in [6.45, 7) is 0. The molecule has 0 aliphatic rings. The first-order valence-corrected chi connectivity index (χ1v) is 8.02. The second-order valence-electron chi connectivity index (χ2n) is 5.33. The Morgan fingerprint density at radius 2 is 1.42 bits per heavy atom. The van der Waals surface area contributed by atoms with Gasteiger partial charge in [0.1, 0.15) is 5.84 Å². The molecule has 2 N–H and O–H groups in total. The zero-order valence-electron chi connectivity index (χ0n) is 13.1. The summed E-state index contributed by atoms with van der Waals surface area (Å²) in [5.74, 6) is 0.449. The third kappa shape index (κ3) is 4.34. The molecule has 0 aliphatic heterocycles. The molecule has 0 heterocycles. The Labute approximate surface area is 146 Å². The van der Waals surface area contributed by atoms with Crippen molar-refractivity contribution in [1.29, 1.82) is 0 Å². The zero-order chi connectivity index (χ0) is 16.8. The maximum atomic E-state index is 5.94. The van der Waals surface area contributed by atoms with Gasteiger partial charge in [0, 0.05) is 5.02 Å². The van der Waals surface area contributed by atoms with Crippen LogP contribution in [-0.4, -0.2) is 5.84 Å². The lowest BCUT2D eigenvalue weighted by molar-refractivity contribution is 1.48. The molecule has 3 rings (SSSR count). The molecule has 0 atom stereocenters. The SMILES string of the molecule is NC(C=Cc1ccc(-c2ccccc2)cc1)=Nc1ccc(Cl)cc1. The van der Waals surface area contributed by atoms with E-state index in [9.17, 15) is 0 Å². The molecule has 2 nitrogen and oxygen atoms in total. The highest BCUT2D eigenvalue weighted by atomic mass is 35.5. The van der Waals surface area contributed by atoms with Crippen molar-refractivity contribution >= 4 is 29.2 Å². The Bertz CT molecular complexity index is 849. The maximum absolute atomic E-state index is 5.94. The van der Waals surface area contributed by atoms with Gasteiger partial charge in [0.05, 0.1) is 5.69 Å². The molecule has 3 aromatic carbocycles. The van der Waals surface area contributed by atoms with E-state index in [0.29, 0.717) is 10.9 Å². The molecule has 0 saturated heterocycles. The normalized spacial score (nSPS) is 11.8. The van der Waals surface area contributed by atoms with Crippen LogP contribution in [0.4, 0.5) is 5.69 Å². The van der Waals surface area contributed by atoms with Gasteiger partial charge in [0.15, 0.2) is 0 Å². The van der Waals surface area contributed by atoms with Crippen LogP contribution in [0.3, 0.4) is 0 Å². The van der Waals surface area contributed by atoms with E-state index in [4.69, 9.17) is 17.3 Å². The van der Waals surface area contributed by atoms with E-state index in [2.05, 4.69) is 41.4 Å². The fourth-order valence-corrected chi connectivity index (χ4v) is 2.43. The van der Waals surface area contributed by atoms with Crippen molar-refractivity contribution in [3.63, 3.8) is 0 Å². The van der Waals surface area contributed by atoms with E-state index in [1.807, 2.05) is 36.4 Å². The molecular weight excluding hydrogens is 316 g/mol. The number of hydrogen-bond acceptors (Lipinski definition) is 1. The van der Waals surface area contributed by atoms with Crippen molar-refractivity contribution in [2.24, 2.45) is 10.7 Å². The van der Waals surface area contributed by atoms with Crippen LogP contribution < -0.4 is 5.73 Å².